The molecule has 144 valence electrons. The Bertz CT molecular complexity index is 801. The topological polar surface area (TPSA) is 45.5 Å². The number of hydrogen-bond donors (Lipinski definition) is 1. The first-order valence-electron chi connectivity index (χ1n) is 10.2. The van der Waals surface area contributed by atoms with E-state index < -0.39 is 0 Å². The highest BCUT2D eigenvalue weighted by atomic mass is 15.3. The van der Waals surface area contributed by atoms with E-state index in [2.05, 4.69) is 49.0 Å². The lowest BCUT2D eigenvalue weighted by Gasteiger charge is -2.26. The predicted molar refractivity (Wildman–Crippen MR) is 110 cm³/mol. The molecular formula is C22H31N5. The van der Waals surface area contributed by atoms with E-state index in [-0.39, 0.29) is 0 Å². The summed E-state index contributed by atoms with van der Waals surface area (Å²) < 4.78 is 2.18. The number of nitrogens with zero attached hydrogens (tertiary/aromatic N) is 4. The van der Waals surface area contributed by atoms with E-state index in [1.165, 1.54) is 49.8 Å². The molecule has 0 bridgehead atoms. The molecule has 2 aromatic rings. The van der Waals surface area contributed by atoms with Crippen LogP contribution in [0.2, 0.25) is 0 Å². The van der Waals surface area contributed by atoms with Crippen molar-refractivity contribution in [3.05, 3.63) is 53.6 Å². The largest absolute Gasteiger partial charge is 0.352 e. The van der Waals surface area contributed by atoms with Crippen molar-refractivity contribution in [1.82, 2.24) is 19.8 Å². The van der Waals surface area contributed by atoms with Gasteiger partial charge in [-0.2, -0.15) is 0 Å². The second-order valence-corrected chi connectivity index (χ2v) is 8.20. The second kappa shape index (κ2) is 7.75. The maximum atomic E-state index is 4.55. The van der Waals surface area contributed by atoms with Crippen LogP contribution >= 0.6 is 0 Å². The van der Waals surface area contributed by atoms with Gasteiger partial charge in [0, 0.05) is 45.6 Å². The van der Waals surface area contributed by atoms with E-state index in [1.807, 2.05) is 26.4 Å². The fraction of sp³-hybridized carbons (Fsp3) is 0.545. The number of aryl methyl sites for hydroxylation is 1. The summed E-state index contributed by atoms with van der Waals surface area (Å²) in [5.41, 5.74) is 3.16. The van der Waals surface area contributed by atoms with Gasteiger partial charge in [-0.25, -0.2) is 4.98 Å². The van der Waals surface area contributed by atoms with Crippen LogP contribution in [0, 0.1) is 12.3 Å². The molecular weight excluding hydrogens is 334 g/mol. The summed E-state index contributed by atoms with van der Waals surface area (Å²) in [6, 6.07) is 8.79. The highest BCUT2D eigenvalue weighted by molar-refractivity contribution is 5.80. The number of benzene rings is 1. The molecule has 1 aliphatic heterocycles. The first-order valence-corrected chi connectivity index (χ1v) is 10.2. The molecule has 0 radical (unpaired) electrons. The van der Waals surface area contributed by atoms with E-state index in [0.717, 1.165) is 31.4 Å². The van der Waals surface area contributed by atoms with Gasteiger partial charge in [0.25, 0.3) is 0 Å². The molecule has 1 spiro atoms. The fourth-order valence-electron chi connectivity index (χ4n) is 4.77. The van der Waals surface area contributed by atoms with E-state index >= 15 is 0 Å². The van der Waals surface area contributed by atoms with Gasteiger partial charge in [-0.15, -0.1) is 0 Å². The van der Waals surface area contributed by atoms with Crippen LogP contribution < -0.4 is 5.32 Å². The van der Waals surface area contributed by atoms with Crippen molar-refractivity contribution in [1.29, 1.82) is 0 Å². The third kappa shape index (κ3) is 4.02. The van der Waals surface area contributed by atoms with Crippen molar-refractivity contribution in [3.63, 3.8) is 0 Å². The summed E-state index contributed by atoms with van der Waals surface area (Å²) in [4.78, 5) is 11.3. The van der Waals surface area contributed by atoms with Gasteiger partial charge in [0.05, 0.1) is 0 Å². The minimum Gasteiger partial charge on any atom is -0.352 e. The molecule has 0 amide bonds. The van der Waals surface area contributed by atoms with E-state index in [1.54, 1.807) is 0 Å². The molecule has 1 N–H and O–H groups in total. The normalized spacial score (nSPS) is 19.2. The Balaban J connectivity index is 1.36. The summed E-state index contributed by atoms with van der Waals surface area (Å²) >= 11 is 0. The Morgan fingerprint density at radius 2 is 2.04 bits per heavy atom. The zero-order chi connectivity index (χ0) is 18.7. The van der Waals surface area contributed by atoms with Crippen LogP contribution in [-0.4, -0.2) is 40.5 Å². The Morgan fingerprint density at radius 3 is 2.78 bits per heavy atom. The molecule has 0 atom stereocenters. The lowest BCUT2D eigenvalue weighted by atomic mass is 9.86. The molecule has 0 unspecified atom stereocenters. The smallest absolute Gasteiger partial charge is 0.193 e. The molecule has 1 aliphatic carbocycles. The summed E-state index contributed by atoms with van der Waals surface area (Å²) in [5.74, 6) is 2.10. The Hall–Kier alpha value is -2.30. The van der Waals surface area contributed by atoms with Gasteiger partial charge in [0.2, 0.25) is 0 Å². The molecule has 1 saturated carbocycles. The number of aliphatic imine (C=N–C) groups is 1. The van der Waals surface area contributed by atoms with Gasteiger partial charge in [0.1, 0.15) is 5.82 Å². The summed E-state index contributed by atoms with van der Waals surface area (Å²) in [6.45, 7) is 6.03. The van der Waals surface area contributed by atoms with Gasteiger partial charge in [-0.1, -0.05) is 37.1 Å². The Labute approximate surface area is 162 Å². The highest BCUT2D eigenvalue weighted by Crippen LogP contribution is 2.45. The van der Waals surface area contributed by atoms with Gasteiger partial charge >= 0.3 is 0 Å². The maximum Gasteiger partial charge on any atom is 0.193 e. The summed E-state index contributed by atoms with van der Waals surface area (Å²) in [6.07, 6.45) is 10.8. The summed E-state index contributed by atoms with van der Waals surface area (Å²) in [7, 11) is 1.90. The summed E-state index contributed by atoms with van der Waals surface area (Å²) in [5, 5.41) is 3.59. The van der Waals surface area contributed by atoms with Crippen LogP contribution in [-0.2, 0) is 13.1 Å². The minimum atomic E-state index is 0.570. The number of nitrogens with one attached hydrogen (secondary N) is 1. The Morgan fingerprint density at radius 1 is 1.22 bits per heavy atom. The van der Waals surface area contributed by atoms with Crippen LogP contribution in [0.1, 0.15) is 49.1 Å². The van der Waals surface area contributed by atoms with Crippen molar-refractivity contribution in [2.75, 3.05) is 20.1 Å². The van der Waals surface area contributed by atoms with Gasteiger partial charge in [0.15, 0.2) is 5.96 Å². The molecule has 1 aromatic carbocycles. The number of imidazole rings is 1. The third-order valence-corrected chi connectivity index (χ3v) is 6.33. The van der Waals surface area contributed by atoms with Crippen molar-refractivity contribution >= 4 is 5.96 Å². The van der Waals surface area contributed by atoms with Crippen molar-refractivity contribution in [3.8, 4) is 0 Å². The van der Waals surface area contributed by atoms with E-state index in [9.17, 15) is 0 Å². The number of hydrogen-bond acceptors (Lipinski definition) is 2. The zero-order valence-electron chi connectivity index (χ0n) is 16.6. The molecule has 1 aromatic heterocycles. The third-order valence-electron chi connectivity index (χ3n) is 6.33. The predicted octanol–water partition coefficient (Wildman–Crippen LogP) is 3.58. The van der Waals surface area contributed by atoms with Crippen molar-refractivity contribution in [2.45, 2.75) is 52.1 Å². The van der Waals surface area contributed by atoms with Crippen LogP contribution in [0.3, 0.4) is 0 Å². The maximum absolute atomic E-state index is 4.55. The van der Waals surface area contributed by atoms with Crippen LogP contribution in [0.15, 0.2) is 41.7 Å². The lowest BCUT2D eigenvalue weighted by Crippen LogP contribution is -2.40. The highest BCUT2D eigenvalue weighted by Gasteiger charge is 2.41. The zero-order valence-corrected chi connectivity index (χ0v) is 16.6. The van der Waals surface area contributed by atoms with E-state index in [4.69, 9.17) is 0 Å². The van der Waals surface area contributed by atoms with Crippen LogP contribution in [0.5, 0.6) is 0 Å². The average Bonchev–Trinajstić information content (AvgIpc) is 3.41. The molecule has 5 nitrogen and oxygen atoms in total. The molecule has 27 heavy (non-hydrogen) atoms. The molecule has 5 heteroatoms. The minimum absolute atomic E-state index is 0.570. The molecule has 2 fully saturated rings. The van der Waals surface area contributed by atoms with Crippen molar-refractivity contribution < 1.29 is 0 Å². The number of aromatic nitrogens is 2. The van der Waals surface area contributed by atoms with E-state index in [0.29, 0.717) is 5.41 Å². The molecule has 4 rings (SSSR count). The fourth-order valence-corrected chi connectivity index (χ4v) is 4.77. The van der Waals surface area contributed by atoms with Crippen LogP contribution in [0.25, 0.3) is 0 Å². The number of likely N-dealkylation sites (tertiary alicyclic amines) is 1. The standard InChI is InChI=1S/C22H31N5/c1-18-24-11-13-26(18)16-20-7-5-6-19(14-20)15-25-21(23-2)27-12-10-22(17-27)8-3-4-9-22/h5-7,11,13-14H,3-4,8-10,12,15-17H2,1-2H3,(H,23,25). The average molecular weight is 366 g/mol. The molecule has 2 aliphatic rings. The lowest BCUT2D eigenvalue weighted by molar-refractivity contribution is 0.309. The van der Waals surface area contributed by atoms with Gasteiger partial charge in [-0.05, 0) is 42.7 Å². The van der Waals surface area contributed by atoms with Crippen molar-refractivity contribution in [2.24, 2.45) is 10.4 Å². The molecule has 2 heterocycles. The monoisotopic (exact) mass is 365 g/mol. The van der Waals surface area contributed by atoms with Gasteiger partial charge in [-0.3, -0.25) is 4.99 Å². The number of guanidine groups is 1. The second-order valence-electron chi connectivity index (χ2n) is 8.20. The molecule has 1 saturated heterocycles. The Kier molecular flexibility index (Phi) is 5.19. The number of rotatable bonds is 4. The van der Waals surface area contributed by atoms with Crippen LogP contribution in [0.4, 0.5) is 0 Å². The SMILES string of the molecule is CN=C(NCc1cccc(Cn2ccnc2C)c1)N1CCC2(CCCC2)C1. The quantitative estimate of drug-likeness (QED) is 0.665. The first-order chi connectivity index (χ1) is 13.2. The first kappa shape index (κ1) is 18.1. The van der Waals surface area contributed by atoms with Gasteiger partial charge < -0.3 is 14.8 Å².